The molecule has 0 spiro atoms. The van der Waals surface area contributed by atoms with E-state index < -0.39 is 30.3 Å². The first-order valence-corrected chi connectivity index (χ1v) is 7.25. The number of hydrogen-bond donors (Lipinski definition) is 0. The molecular formula is C16H17F3O5. The average Bonchev–Trinajstić information content (AvgIpc) is 2.52. The number of halogens is 3. The lowest BCUT2D eigenvalue weighted by atomic mass is 10.1. The van der Waals surface area contributed by atoms with Crippen LogP contribution in [0.15, 0.2) is 24.3 Å². The molecule has 0 N–H and O–H groups in total. The lowest BCUT2D eigenvalue weighted by Gasteiger charge is -2.08. The summed E-state index contributed by atoms with van der Waals surface area (Å²) in [6.45, 7) is 1.43. The van der Waals surface area contributed by atoms with E-state index in [0.29, 0.717) is 0 Å². The van der Waals surface area contributed by atoms with Gasteiger partial charge in [-0.15, -0.1) is 0 Å². The van der Waals surface area contributed by atoms with E-state index in [-0.39, 0.29) is 37.2 Å². The highest BCUT2D eigenvalue weighted by Crippen LogP contribution is 2.29. The molecule has 0 amide bonds. The molecule has 0 aromatic heterocycles. The van der Waals surface area contributed by atoms with Crippen LogP contribution in [0, 0.1) is 0 Å². The van der Waals surface area contributed by atoms with Crippen LogP contribution < -0.4 is 0 Å². The molecule has 0 atom stereocenters. The first-order chi connectivity index (χ1) is 11.2. The predicted molar refractivity (Wildman–Crippen MR) is 77.2 cm³/mol. The summed E-state index contributed by atoms with van der Waals surface area (Å²) in [5.74, 6) is -1.69. The molecule has 0 aliphatic carbocycles. The standard InChI is InChI=1S/C16H17F3O5/c1-2-23-14(21)5-3-4-13(20)10-24-15(22)11-6-8-12(9-7-11)16(17,18)19/h6-9H,2-5,10H2,1H3. The van der Waals surface area contributed by atoms with Gasteiger partial charge in [0, 0.05) is 12.8 Å². The summed E-state index contributed by atoms with van der Waals surface area (Å²) in [6, 6.07) is 3.49. The maximum atomic E-state index is 12.4. The zero-order valence-corrected chi connectivity index (χ0v) is 13.0. The molecule has 0 heterocycles. The third kappa shape index (κ3) is 6.80. The van der Waals surface area contributed by atoms with Crippen LogP contribution >= 0.6 is 0 Å². The monoisotopic (exact) mass is 346 g/mol. The molecule has 1 rings (SSSR count). The van der Waals surface area contributed by atoms with Crippen LogP contribution in [0.2, 0.25) is 0 Å². The van der Waals surface area contributed by atoms with E-state index in [1.807, 2.05) is 0 Å². The summed E-state index contributed by atoms with van der Waals surface area (Å²) in [4.78, 5) is 34.2. The Morgan fingerprint density at radius 2 is 1.62 bits per heavy atom. The van der Waals surface area contributed by atoms with Gasteiger partial charge < -0.3 is 9.47 Å². The Balaban J connectivity index is 2.37. The highest BCUT2D eigenvalue weighted by Gasteiger charge is 2.30. The summed E-state index contributed by atoms with van der Waals surface area (Å²) in [6.07, 6.45) is -4.08. The predicted octanol–water partition coefficient (Wildman–Crippen LogP) is 3.16. The van der Waals surface area contributed by atoms with Crippen LogP contribution in [0.5, 0.6) is 0 Å². The van der Waals surface area contributed by atoms with Gasteiger partial charge in [-0.25, -0.2) is 4.79 Å². The fourth-order valence-electron chi connectivity index (χ4n) is 1.76. The Bertz CT molecular complexity index is 578. The molecule has 1 aromatic carbocycles. The highest BCUT2D eigenvalue weighted by molar-refractivity contribution is 5.91. The highest BCUT2D eigenvalue weighted by atomic mass is 19.4. The lowest BCUT2D eigenvalue weighted by Crippen LogP contribution is -2.15. The first-order valence-electron chi connectivity index (χ1n) is 7.25. The molecule has 0 radical (unpaired) electrons. The van der Waals surface area contributed by atoms with E-state index in [9.17, 15) is 27.6 Å². The maximum Gasteiger partial charge on any atom is 0.416 e. The molecule has 24 heavy (non-hydrogen) atoms. The summed E-state index contributed by atoms with van der Waals surface area (Å²) in [7, 11) is 0. The number of carbonyl (C=O) groups is 3. The van der Waals surface area contributed by atoms with Crippen LogP contribution in [-0.2, 0) is 25.2 Å². The Hall–Kier alpha value is -2.38. The number of ether oxygens (including phenoxy) is 2. The Labute approximate surface area is 136 Å². The third-order valence-electron chi connectivity index (χ3n) is 2.95. The van der Waals surface area contributed by atoms with Crippen molar-refractivity contribution in [1.82, 2.24) is 0 Å². The van der Waals surface area contributed by atoms with Gasteiger partial charge in [0.05, 0.1) is 17.7 Å². The van der Waals surface area contributed by atoms with E-state index in [1.165, 1.54) is 0 Å². The number of benzene rings is 1. The molecule has 0 aliphatic heterocycles. The van der Waals surface area contributed by atoms with Gasteiger partial charge in [-0.1, -0.05) is 0 Å². The molecule has 0 bridgehead atoms. The molecule has 0 fully saturated rings. The van der Waals surface area contributed by atoms with Crippen LogP contribution in [0.25, 0.3) is 0 Å². The molecule has 8 heteroatoms. The average molecular weight is 346 g/mol. The number of Topliss-reactive ketones (excluding diaryl/α,β-unsaturated/α-hetero) is 1. The van der Waals surface area contributed by atoms with Gasteiger partial charge in [-0.3, -0.25) is 9.59 Å². The third-order valence-corrected chi connectivity index (χ3v) is 2.95. The van der Waals surface area contributed by atoms with Crippen molar-refractivity contribution >= 4 is 17.7 Å². The smallest absolute Gasteiger partial charge is 0.416 e. The van der Waals surface area contributed by atoms with Crippen molar-refractivity contribution in [3.63, 3.8) is 0 Å². The second kappa shape index (κ2) is 9.05. The molecule has 1 aromatic rings. The van der Waals surface area contributed by atoms with E-state index >= 15 is 0 Å². The fourth-order valence-corrected chi connectivity index (χ4v) is 1.76. The number of ketones is 1. The van der Waals surface area contributed by atoms with Crippen LogP contribution in [0.3, 0.4) is 0 Å². The molecular weight excluding hydrogens is 329 g/mol. The fraction of sp³-hybridized carbons (Fsp3) is 0.438. The zero-order chi connectivity index (χ0) is 18.2. The van der Waals surface area contributed by atoms with E-state index in [2.05, 4.69) is 0 Å². The van der Waals surface area contributed by atoms with Gasteiger partial charge in [0.25, 0.3) is 0 Å². The largest absolute Gasteiger partial charge is 0.466 e. The number of rotatable bonds is 8. The lowest BCUT2D eigenvalue weighted by molar-refractivity contribution is -0.143. The summed E-state index contributed by atoms with van der Waals surface area (Å²) in [5.41, 5.74) is -0.962. The van der Waals surface area contributed by atoms with Gasteiger partial charge in [-0.2, -0.15) is 13.2 Å². The summed E-state index contributed by atoms with van der Waals surface area (Å²) >= 11 is 0. The Morgan fingerprint density at radius 1 is 1.00 bits per heavy atom. The minimum atomic E-state index is -4.49. The van der Waals surface area contributed by atoms with Gasteiger partial charge >= 0.3 is 18.1 Å². The van der Waals surface area contributed by atoms with Gasteiger partial charge in [0.2, 0.25) is 0 Å². The van der Waals surface area contributed by atoms with Crippen LogP contribution in [0.4, 0.5) is 13.2 Å². The van der Waals surface area contributed by atoms with E-state index in [0.717, 1.165) is 24.3 Å². The van der Waals surface area contributed by atoms with Crippen molar-refractivity contribution in [3.8, 4) is 0 Å². The van der Waals surface area contributed by atoms with Crippen LogP contribution in [-0.4, -0.2) is 30.9 Å². The SMILES string of the molecule is CCOC(=O)CCCC(=O)COC(=O)c1ccc(C(F)(F)F)cc1. The van der Waals surface area contributed by atoms with Crippen molar-refractivity contribution in [2.24, 2.45) is 0 Å². The minimum Gasteiger partial charge on any atom is -0.466 e. The quantitative estimate of drug-likeness (QED) is 0.676. The van der Waals surface area contributed by atoms with Crippen molar-refractivity contribution in [1.29, 1.82) is 0 Å². The molecule has 132 valence electrons. The number of hydrogen-bond acceptors (Lipinski definition) is 5. The molecule has 0 saturated carbocycles. The maximum absolute atomic E-state index is 12.4. The van der Waals surface area contributed by atoms with Crippen molar-refractivity contribution < 1.29 is 37.0 Å². The molecule has 0 aliphatic rings. The second-order valence-electron chi connectivity index (χ2n) is 4.85. The Morgan fingerprint density at radius 3 is 2.17 bits per heavy atom. The molecule has 5 nitrogen and oxygen atoms in total. The topological polar surface area (TPSA) is 69.7 Å². The van der Waals surface area contributed by atoms with E-state index in [1.54, 1.807) is 6.92 Å². The first kappa shape index (κ1) is 19.7. The van der Waals surface area contributed by atoms with Crippen molar-refractivity contribution in [3.05, 3.63) is 35.4 Å². The summed E-state index contributed by atoms with van der Waals surface area (Å²) in [5, 5.41) is 0. The minimum absolute atomic E-state index is 0.0408. The second-order valence-corrected chi connectivity index (χ2v) is 4.85. The Kier molecular flexibility index (Phi) is 7.41. The summed E-state index contributed by atoms with van der Waals surface area (Å²) < 4.78 is 46.6. The van der Waals surface area contributed by atoms with Crippen molar-refractivity contribution in [2.75, 3.05) is 13.2 Å². The van der Waals surface area contributed by atoms with Gasteiger partial charge in [0.1, 0.15) is 6.61 Å². The molecule has 0 saturated heterocycles. The van der Waals surface area contributed by atoms with Crippen molar-refractivity contribution in [2.45, 2.75) is 32.4 Å². The van der Waals surface area contributed by atoms with Gasteiger partial charge in [-0.05, 0) is 37.6 Å². The number of carbonyl (C=O) groups excluding carboxylic acids is 3. The van der Waals surface area contributed by atoms with Crippen LogP contribution in [0.1, 0.15) is 42.1 Å². The normalized spacial score (nSPS) is 11.0. The molecule has 0 unspecified atom stereocenters. The van der Waals surface area contributed by atoms with E-state index in [4.69, 9.17) is 9.47 Å². The zero-order valence-electron chi connectivity index (χ0n) is 13.0. The van der Waals surface area contributed by atoms with Gasteiger partial charge in [0.15, 0.2) is 5.78 Å². The number of alkyl halides is 3. The number of esters is 2.